The lowest BCUT2D eigenvalue weighted by molar-refractivity contribution is 0.102. The Kier molecular flexibility index (Phi) is 4.14. The summed E-state index contributed by atoms with van der Waals surface area (Å²) in [6, 6.07) is 9.51. The van der Waals surface area contributed by atoms with Gasteiger partial charge in [-0.3, -0.25) is 4.79 Å². The van der Waals surface area contributed by atoms with Gasteiger partial charge in [-0.2, -0.15) is 0 Å². The summed E-state index contributed by atoms with van der Waals surface area (Å²) in [4.78, 5) is 12.4. The van der Waals surface area contributed by atoms with Crippen molar-refractivity contribution in [3.05, 3.63) is 57.1 Å². The molecule has 0 aliphatic carbocycles. The zero-order chi connectivity index (χ0) is 14.9. The van der Waals surface area contributed by atoms with E-state index in [-0.39, 0.29) is 5.91 Å². The molecule has 0 aliphatic heterocycles. The van der Waals surface area contributed by atoms with Crippen LogP contribution in [0.3, 0.4) is 0 Å². The van der Waals surface area contributed by atoms with E-state index in [0.717, 1.165) is 21.3 Å². The van der Waals surface area contributed by atoms with Gasteiger partial charge in [-0.1, -0.05) is 33.6 Å². The van der Waals surface area contributed by atoms with Crippen LogP contribution in [0.15, 0.2) is 34.8 Å². The maximum Gasteiger partial charge on any atom is 0.256 e. The number of anilines is 2. The second-order valence-electron chi connectivity index (χ2n) is 4.94. The van der Waals surface area contributed by atoms with E-state index in [1.54, 1.807) is 12.1 Å². The van der Waals surface area contributed by atoms with Crippen molar-refractivity contribution in [1.29, 1.82) is 0 Å². The number of nitrogens with two attached hydrogens (primary N) is 1. The molecule has 20 heavy (non-hydrogen) atoms. The number of amides is 1. The van der Waals surface area contributed by atoms with Crippen LogP contribution in [0.1, 0.15) is 27.0 Å². The highest BCUT2D eigenvalue weighted by Crippen LogP contribution is 2.24. The largest absolute Gasteiger partial charge is 0.398 e. The summed E-state index contributed by atoms with van der Waals surface area (Å²) in [6.07, 6.45) is 0. The van der Waals surface area contributed by atoms with E-state index in [9.17, 15) is 4.79 Å². The lowest BCUT2D eigenvalue weighted by Crippen LogP contribution is -2.15. The minimum absolute atomic E-state index is 0.151. The highest BCUT2D eigenvalue weighted by molar-refractivity contribution is 9.10. The molecule has 2 rings (SSSR count). The van der Waals surface area contributed by atoms with E-state index in [1.807, 2.05) is 39.0 Å². The van der Waals surface area contributed by atoms with Gasteiger partial charge in [0.05, 0.1) is 0 Å². The van der Waals surface area contributed by atoms with Crippen LogP contribution in [0.5, 0.6) is 0 Å². The van der Waals surface area contributed by atoms with Crippen molar-refractivity contribution in [3.8, 4) is 0 Å². The molecule has 2 aromatic rings. The standard InChI is InChI=1S/C16H17BrN2O/c1-9-4-5-15(10(2)6-9)19-16(20)13-7-12(17)8-14(18)11(13)3/h4-8H,18H2,1-3H3,(H,19,20). The summed E-state index contributed by atoms with van der Waals surface area (Å²) >= 11 is 3.36. The number of nitrogen functional groups attached to an aromatic ring is 1. The molecule has 0 saturated carbocycles. The summed E-state index contributed by atoms with van der Waals surface area (Å²) in [7, 11) is 0. The zero-order valence-electron chi connectivity index (χ0n) is 11.8. The number of aryl methyl sites for hydroxylation is 2. The highest BCUT2D eigenvalue weighted by Gasteiger charge is 2.13. The first-order chi connectivity index (χ1) is 9.38. The Morgan fingerprint density at radius 2 is 1.85 bits per heavy atom. The normalized spacial score (nSPS) is 10.4. The Balaban J connectivity index is 2.33. The first kappa shape index (κ1) is 14.6. The van der Waals surface area contributed by atoms with Gasteiger partial charge in [-0.25, -0.2) is 0 Å². The molecule has 0 spiro atoms. The molecule has 0 heterocycles. The van der Waals surface area contributed by atoms with Gasteiger partial charge >= 0.3 is 0 Å². The molecular formula is C16H17BrN2O. The van der Waals surface area contributed by atoms with Crippen molar-refractivity contribution in [2.75, 3.05) is 11.1 Å². The fourth-order valence-corrected chi connectivity index (χ4v) is 2.55. The Hall–Kier alpha value is -1.81. The van der Waals surface area contributed by atoms with Crippen molar-refractivity contribution in [2.45, 2.75) is 20.8 Å². The number of halogens is 1. The van der Waals surface area contributed by atoms with E-state index in [4.69, 9.17) is 5.73 Å². The van der Waals surface area contributed by atoms with Crippen LogP contribution < -0.4 is 11.1 Å². The van der Waals surface area contributed by atoms with Gasteiger partial charge in [0.25, 0.3) is 5.91 Å². The number of hydrogen-bond donors (Lipinski definition) is 2. The molecular weight excluding hydrogens is 316 g/mol. The van der Waals surface area contributed by atoms with Crippen LogP contribution in [-0.2, 0) is 0 Å². The van der Waals surface area contributed by atoms with Gasteiger partial charge in [-0.15, -0.1) is 0 Å². The molecule has 3 N–H and O–H groups in total. The third-order valence-corrected chi connectivity index (χ3v) is 3.75. The summed E-state index contributed by atoms with van der Waals surface area (Å²) < 4.78 is 0.798. The molecule has 3 nitrogen and oxygen atoms in total. The van der Waals surface area contributed by atoms with Crippen LogP contribution in [0.4, 0.5) is 11.4 Å². The average Bonchev–Trinajstić information content (AvgIpc) is 2.37. The van der Waals surface area contributed by atoms with E-state index in [2.05, 4.69) is 21.2 Å². The molecule has 0 aliphatic rings. The van der Waals surface area contributed by atoms with Gasteiger partial charge in [0.2, 0.25) is 0 Å². The van der Waals surface area contributed by atoms with Gasteiger partial charge in [0.1, 0.15) is 0 Å². The first-order valence-electron chi connectivity index (χ1n) is 6.32. The maximum absolute atomic E-state index is 12.4. The fourth-order valence-electron chi connectivity index (χ4n) is 2.08. The fraction of sp³-hybridized carbons (Fsp3) is 0.188. The third-order valence-electron chi connectivity index (χ3n) is 3.29. The molecule has 0 unspecified atom stereocenters. The number of carbonyl (C=O) groups excluding carboxylic acids is 1. The molecule has 1 amide bonds. The van der Waals surface area contributed by atoms with Crippen LogP contribution in [-0.4, -0.2) is 5.91 Å². The van der Waals surface area contributed by atoms with Crippen LogP contribution >= 0.6 is 15.9 Å². The number of rotatable bonds is 2. The molecule has 104 valence electrons. The van der Waals surface area contributed by atoms with Gasteiger partial charge in [0.15, 0.2) is 0 Å². The Morgan fingerprint density at radius 1 is 1.15 bits per heavy atom. The zero-order valence-corrected chi connectivity index (χ0v) is 13.3. The second-order valence-corrected chi connectivity index (χ2v) is 5.86. The quantitative estimate of drug-likeness (QED) is 0.809. The van der Waals surface area contributed by atoms with Crippen LogP contribution in [0, 0.1) is 20.8 Å². The SMILES string of the molecule is Cc1ccc(NC(=O)c2cc(Br)cc(N)c2C)c(C)c1. The lowest BCUT2D eigenvalue weighted by atomic mass is 10.1. The third kappa shape index (κ3) is 3.02. The predicted molar refractivity (Wildman–Crippen MR) is 87.2 cm³/mol. The summed E-state index contributed by atoms with van der Waals surface area (Å²) in [5.41, 5.74) is 10.9. The topological polar surface area (TPSA) is 55.1 Å². The molecule has 0 bridgehead atoms. The first-order valence-corrected chi connectivity index (χ1v) is 7.12. The van der Waals surface area contributed by atoms with Crippen molar-refractivity contribution in [2.24, 2.45) is 0 Å². The lowest BCUT2D eigenvalue weighted by Gasteiger charge is -2.12. The maximum atomic E-state index is 12.4. The van der Waals surface area contributed by atoms with Crippen molar-refractivity contribution in [1.82, 2.24) is 0 Å². The Bertz CT molecular complexity index is 680. The minimum atomic E-state index is -0.151. The monoisotopic (exact) mass is 332 g/mol. The summed E-state index contributed by atoms with van der Waals surface area (Å²) in [5.74, 6) is -0.151. The number of hydrogen-bond acceptors (Lipinski definition) is 2. The number of carbonyl (C=O) groups is 1. The van der Waals surface area contributed by atoms with Crippen molar-refractivity contribution < 1.29 is 4.79 Å². The molecule has 4 heteroatoms. The van der Waals surface area contributed by atoms with Gasteiger partial charge in [0, 0.05) is 21.4 Å². The second kappa shape index (κ2) is 5.67. The summed E-state index contributed by atoms with van der Waals surface area (Å²) in [6.45, 7) is 5.85. The molecule has 2 aromatic carbocycles. The molecule has 0 saturated heterocycles. The number of benzene rings is 2. The van der Waals surface area contributed by atoms with Crippen molar-refractivity contribution >= 4 is 33.2 Å². The summed E-state index contributed by atoms with van der Waals surface area (Å²) in [5, 5.41) is 2.93. The smallest absolute Gasteiger partial charge is 0.256 e. The van der Waals surface area contributed by atoms with Gasteiger partial charge in [-0.05, 0) is 50.1 Å². The minimum Gasteiger partial charge on any atom is -0.398 e. The van der Waals surface area contributed by atoms with Crippen molar-refractivity contribution in [3.63, 3.8) is 0 Å². The van der Waals surface area contributed by atoms with Crippen LogP contribution in [0.2, 0.25) is 0 Å². The van der Waals surface area contributed by atoms with E-state index >= 15 is 0 Å². The molecule has 0 atom stereocenters. The van der Waals surface area contributed by atoms with E-state index in [1.165, 1.54) is 5.56 Å². The molecule has 0 fully saturated rings. The van der Waals surface area contributed by atoms with E-state index < -0.39 is 0 Å². The Morgan fingerprint density at radius 3 is 2.50 bits per heavy atom. The number of nitrogens with one attached hydrogen (secondary N) is 1. The molecule has 0 aromatic heterocycles. The Labute approximate surface area is 127 Å². The average molecular weight is 333 g/mol. The van der Waals surface area contributed by atoms with E-state index in [0.29, 0.717) is 11.3 Å². The predicted octanol–water partition coefficient (Wildman–Crippen LogP) is 4.21. The highest BCUT2D eigenvalue weighted by atomic mass is 79.9. The van der Waals surface area contributed by atoms with Gasteiger partial charge < -0.3 is 11.1 Å². The molecule has 0 radical (unpaired) electrons. The van der Waals surface area contributed by atoms with Crippen LogP contribution in [0.25, 0.3) is 0 Å².